The fourth-order valence-electron chi connectivity index (χ4n) is 3.57. The predicted octanol–water partition coefficient (Wildman–Crippen LogP) is 5.31. The largest absolute Gasteiger partial charge is 0.497 e. The minimum absolute atomic E-state index is 0.142. The van der Waals surface area contributed by atoms with Gasteiger partial charge in [0.1, 0.15) is 11.4 Å². The van der Waals surface area contributed by atoms with Crippen LogP contribution in [0.1, 0.15) is 50.2 Å². The van der Waals surface area contributed by atoms with E-state index in [4.69, 9.17) is 21.1 Å². The lowest BCUT2D eigenvalue weighted by Gasteiger charge is -2.24. The molecule has 1 aromatic heterocycles. The monoisotopic (exact) mass is 454 g/mol. The van der Waals surface area contributed by atoms with Crippen LogP contribution in [0.4, 0.5) is 0 Å². The summed E-state index contributed by atoms with van der Waals surface area (Å²) >= 11 is 6.03. The second kappa shape index (κ2) is 10.4. The second-order valence-corrected chi connectivity index (χ2v) is 7.91. The maximum Gasteiger partial charge on any atom is 0.355 e. The van der Waals surface area contributed by atoms with Gasteiger partial charge in [-0.05, 0) is 67.8 Å². The highest BCUT2D eigenvalue weighted by Crippen LogP contribution is 2.24. The summed E-state index contributed by atoms with van der Waals surface area (Å²) in [5.74, 6) is 0.0696. The minimum atomic E-state index is -0.400. The maximum atomic E-state index is 13.5. The van der Waals surface area contributed by atoms with Gasteiger partial charge in [0.2, 0.25) is 0 Å². The Balaban J connectivity index is 1.96. The third-order valence-corrected chi connectivity index (χ3v) is 5.56. The average Bonchev–Trinajstić information content (AvgIpc) is 3.08. The lowest BCUT2D eigenvalue weighted by Crippen LogP contribution is -2.30. The van der Waals surface area contributed by atoms with Crippen LogP contribution in [0.3, 0.4) is 0 Å². The van der Waals surface area contributed by atoms with Crippen molar-refractivity contribution >= 4 is 23.5 Å². The Morgan fingerprint density at radius 1 is 1.06 bits per heavy atom. The van der Waals surface area contributed by atoms with Crippen LogP contribution in [0, 0.1) is 13.8 Å². The van der Waals surface area contributed by atoms with Gasteiger partial charge < -0.3 is 19.4 Å². The van der Waals surface area contributed by atoms with Crippen molar-refractivity contribution in [2.24, 2.45) is 0 Å². The number of esters is 1. The number of nitrogens with zero attached hydrogens (tertiary/aromatic N) is 1. The zero-order chi connectivity index (χ0) is 23.3. The van der Waals surface area contributed by atoms with Gasteiger partial charge in [-0.15, -0.1) is 0 Å². The number of amides is 1. The molecule has 1 heterocycles. The molecule has 3 aromatic rings. The number of H-pyrrole nitrogens is 1. The van der Waals surface area contributed by atoms with Crippen LogP contribution in [-0.2, 0) is 17.8 Å². The van der Waals surface area contributed by atoms with Crippen LogP contribution >= 0.6 is 11.6 Å². The summed E-state index contributed by atoms with van der Waals surface area (Å²) in [5, 5.41) is 0.635. The molecule has 168 valence electrons. The molecule has 0 radical (unpaired) electrons. The third-order valence-electron chi connectivity index (χ3n) is 5.31. The van der Waals surface area contributed by atoms with E-state index in [1.807, 2.05) is 26.0 Å². The van der Waals surface area contributed by atoms with Gasteiger partial charge in [0.15, 0.2) is 0 Å². The molecular formula is C25H27ClN2O4. The number of aromatic amines is 1. The van der Waals surface area contributed by atoms with E-state index < -0.39 is 5.97 Å². The summed E-state index contributed by atoms with van der Waals surface area (Å²) in [4.78, 5) is 30.7. The Morgan fingerprint density at radius 3 is 2.44 bits per heavy atom. The first kappa shape index (κ1) is 23.4. The first-order valence-corrected chi connectivity index (χ1v) is 10.7. The Bertz CT molecular complexity index is 1110. The first-order valence-electron chi connectivity index (χ1n) is 10.4. The SMILES string of the molecule is CCOC(=O)c1[nH]c(C)c(CN(Cc2ccc(Cl)cc2)C(=O)c2cccc(OC)c2)c1C. The number of rotatable bonds is 8. The van der Waals surface area contributed by atoms with E-state index in [2.05, 4.69) is 4.98 Å². The van der Waals surface area contributed by atoms with Crippen molar-refractivity contribution in [3.05, 3.63) is 87.2 Å². The second-order valence-electron chi connectivity index (χ2n) is 7.47. The Kier molecular flexibility index (Phi) is 7.59. The number of aryl methyl sites for hydroxylation is 1. The highest BCUT2D eigenvalue weighted by atomic mass is 35.5. The van der Waals surface area contributed by atoms with Crippen LogP contribution < -0.4 is 4.74 Å². The van der Waals surface area contributed by atoms with Crippen molar-refractivity contribution in [1.29, 1.82) is 0 Å². The molecule has 0 saturated heterocycles. The van der Waals surface area contributed by atoms with Gasteiger partial charge >= 0.3 is 5.97 Å². The normalized spacial score (nSPS) is 10.7. The van der Waals surface area contributed by atoms with Gasteiger partial charge in [-0.25, -0.2) is 4.79 Å². The number of ether oxygens (including phenoxy) is 2. The summed E-state index contributed by atoms with van der Waals surface area (Å²) in [6.45, 7) is 6.52. The molecule has 0 spiro atoms. The van der Waals surface area contributed by atoms with Crippen molar-refractivity contribution in [2.75, 3.05) is 13.7 Å². The molecule has 1 amide bonds. The first-order chi connectivity index (χ1) is 15.3. The highest BCUT2D eigenvalue weighted by molar-refractivity contribution is 6.30. The number of hydrogen-bond acceptors (Lipinski definition) is 4. The molecule has 0 saturated carbocycles. The topological polar surface area (TPSA) is 71.6 Å². The summed E-state index contributed by atoms with van der Waals surface area (Å²) in [6, 6.07) is 14.5. The van der Waals surface area contributed by atoms with E-state index in [1.165, 1.54) is 0 Å². The van der Waals surface area contributed by atoms with Gasteiger partial charge in [-0.1, -0.05) is 29.8 Å². The molecule has 0 unspecified atom stereocenters. The summed E-state index contributed by atoms with van der Waals surface area (Å²) in [5.41, 5.74) is 4.38. The minimum Gasteiger partial charge on any atom is -0.497 e. The Labute approximate surface area is 193 Å². The number of hydrogen-bond donors (Lipinski definition) is 1. The zero-order valence-corrected chi connectivity index (χ0v) is 19.5. The molecule has 32 heavy (non-hydrogen) atoms. The van der Waals surface area contributed by atoms with Crippen LogP contribution in [0.2, 0.25) is 5.02 Å². The van der Waals surface area contributed by atoms with E-state index in [-0.39, 0.29) is 5.91 Å². The number of benzene rings is 2. The predicted molar refractivity (Wildman–Crippen MR) is 124 cm³/mol. The molecule has 3 rings (SSSR count). The lowest BCUT2D eigenvalue weighted by atomic mass is 10.1. The van der Waals surface area contributed by atoms with E-state index in [9.17, 15) is 9.59 Å². The van der Waals surface area contributed by atoms with Crippen molar-refractivity contribution in [3.63, 3.8) is 0 Å². The van der Waals surface area contributed by atoms with E-state index in [0.717, 1.165) is 22.4 Å². The Morgan fingerprint density at radius 2 is 1.78 bits per heavy atom. The molecule has 0 aliphatic rings. The number of aromatic nitrogens is 1. The molecular weight excluding hydrogens is 428 g/mol. The van der Waals surface area contributed by atoms with Gasteiger partial charge in [0, 0.05) is 29.4 Å². The maximum absolute atomic E-state index is 13.5. The van der Waals surface area contributed by atoms with Crippen LogP contribution in [0.15, 0.2) is 48.5 Å². The third kappa shape index (κ3) is 5.32. The number of nitrogens with one attached hydrogen (secondary N) is 1. The number of halogens is 1. The Hall–Kier alpha value is -3.25. The number of methoxy groups -OCH3 is 1. The molecule has 6 nitrogen and oxygen atoms in total. The van der Waals surface area contributed by atoms with Gasteiger partial charge in [-0.3, -0.25) is 4.79 Å². The standard InChI is InChI=1S/C25H27ClN2O4/c1-5-32-25(30)23-16(2)22(17(3)27-23)15-28(14-18-9-11-20(26)12-10-18)24(29)19-7-6-8-21(13-19)31-4/h6-13,27H,5,14-15H2,1-4H3. The van der Waals surface area contributed by atoms with Crippen LogP contribution in [0.5, 0.6) is 5.75 Å². The summed E-state index contributed by atoms with van der Waals surface area (Å²) in [6.07, 6.45) is 0. The number of carbonyl (C=O) groups is 2. The summed E-state index contributed by atoms with van der Waals surface area (Å²) in [7, 11) is 1.57. The van der Waals surface area contributed by atoms with Crippen molar-refractivity contribution in [2.45, 2.75) is 33.9 Å². The van der Waals surface area contributed by atoms with Crippen LogP contribution in [0.25, 0.3) is 0 Å². The molecule has 0 fully saturated rings. The number of carbonyl (C=O) groups excluding carboxylic acids is 2. The van der Waals surface area contributed by atoms with Gasteiger partial charge in [0.25, 0.3) is 5.91 Å². The zero-order valence-electron chi connectivity index (χ0n) is 18.7. The molecule has 0 bridgehead atoms. The van der Waals surface area contributed by atoms with E-state index >= 15 is 0 Å². The fourth-order valence-corrected chi connectivity index (χ4v) is 3.70. The van der Waals surface area contributed by atoms with Gasteiger partial charge in [0.05, 0.1) is 13.7 Å². The van der Waals surface area contributed by atoms with E-state index in [1.54, 1.807) is 55.3 Å². The smallest absolute Gasteiger partial charge is 0.355 e. The summed E-state index contributed by atoms with van der Waals surface area (Å²) < 4.78 is 10.4. The van der Waals surface area contributed by atoms with Crippen molar-refractivity contribution < 1.29 is 19.1 Å². The highest BCUT2D eigenvalue weighted by Gasteiger charge is 2.23. The molecule has 1 N–H and O–H groups in total. The fraction of sp³-hybridized carbons (Fsp3) is 0.280. The van der Waals surface area contributed by atoms with Crippen molar-refractivity contribution in [1.82, 2.24) is 9.88 Å². The molecule has 0 aliphatic heterocycles. The average molecular weight is 455 g/mol. The quantitative estimate of drug-likeness (QED) is 0.468. The van der Waals surface area contributed by atoms with Gasteiger partial charge in [-0.2, -0.15) is 0 Å². The molecule has 2 aromatic carbocycles. The van der Waals surface area contributed by atoms with Crippen LogP contribution in [-0.4, -0.2) is 35.5 Å². The van der Waals surface area contributed by atoms with Crippen molar-refractivity contribution in [3.8, 4) is 5.75 Å². The van der Waals surface area contributed by atoms with E-state index in [0.29, 0.717) is 41.7 Å². The molecule has 7 heteroatoms. The molecule has 0 aliphatic carbocycles. The lowest BCUT2D eigenvalue weighted by molar-refractivity contribution is 0.0519. The molecule has 0 atom stereocenters.